The lowest BCUT2D eigenvalue weighted by Crippen LogP contribution is -2.00. The predicted molar refractivity (Wildman–Crippen MR) is 256 cm³/mol. The lowest BCUT2D eigenvalue weighted by Gasteiger charge is -2.12. The molecule has 0 aliphatic heterocycles. The van der Waals surface area contributed by atoms with E-state index in [1.165, 1.54) is 64.7 Å². The van der Waals surface area contributed by atoms with Gasteiger partial charge in [0.15, 0.2) is 17.5 Å². The van der Waals surface area contributed by atoms with Gasteiger partial charge in [-0.25, -0.2) is 15.0 Å². The molecule has 0 spiro atoms. The summed E-state index contributed by atoms with van der Waals surface area (Å²) in [6, 6.07) is 79.6. The van der Waals surface area contributed by atoms with Gasteiger partial charge < -0.3 is 0 Å². The number of aromatic nitrogens is 3. The molecule has 0 radical (unpaired) electrons. The van der Waals surface area contributed by atoms with E-state index in [1.54, 1.807) is 0 Å². The predicted octanol–water partition coefficient (Wildman–Crippen LogP) is 15.6. The largest absolute Gasteiger partial charge is 0.208 e. The van der Waals surface area contributed by atoms with Gasteiger partial charge in [0, 0.05) is 48.0 Å². The molecule has 4 heteroatoms. The van der Waals surface area contributed by atoms with Crippen LogP contribution in [0.5, 0.6) is 0 Å². The first kappa shape index (κ1) is 36.3. The van der Waals surface area contributed by atoms with E-state index in [-0.39, 0.29) is 0 Å². The zero-order chi connectivity index (χ0) is 40.5. The second-order valence-electron chi connectivity index (χ2n) is 15.2. The van der Waals surface area contributed by atoms with Crippen LogP contribution in [0.15, 0.2) is 224 Å². The van der Waals surface area contributed by atoms with E-state index in [4.69, 9.17) is 15.0 Å². The smallest absolute Gasteiger partial charge is 0.164 e. The molecule has 11 aromatic rings. The Balaban J connectivity index is 1.04. The molecule has 0 unspecified atom stereocenters. The van der Waals surface area contributed by atoms with Crippen molar-refractivity contribution in [3.8, 4) is 89.8 Å². The minimum atomic E-state index is 0.642. The Bertz CT molecular complexity index is 3250. The monoisotopic (exact) mass is 795 g/mol. The van der Waals surface area contributed by atoms with Crippen molar-refractivity contribution in [1.82, 2.24) is 15.0 Å². The summed E-state index contributed by atoms with van der Waals surface area (Å²) in [7, 11) is 0. The molecule has 286 valence electrons. The van der Waals surface area contributed by atoms with E-state index in [2.05, 4.69) is 164 Å². The number of nitrogens with zero attached hydrogens (tertiary/aromatic N) is 3. The van der Waals surface area contributed by atoms with Crippen LogP contribution in [0.3, 0.4) is 0 Å². The molecule has 2 heterocycles. The second-order valence-corrected chi connectivity index (χ2v) is 16.2. The third-order valence-electron chi connectivity index (χ3n) is 11.3. The van der Waals surface area contributed by atoms with Gasteiger partial charge in [-0.1, -0.05) is 194 Å². The van der Waals surface area contributed by atoms with Crippen molar-refractivity contribution < 1.29 is 0 Å². The van der Waals surface area contributed by atoms with E-state index in [0.29, 0.717) is 17.5 Å². The molecule has 0 saturated heterocycles. The minimum Gasteiger partial charge on any atom is -0.208 e. The zero-order valence-electron chi connectivity index (χ0n) is 33.1. The molecule has 61 heavy (non-hydrogen) atoms. The van der Waals surface area contributed by atoms with Crippen LogP contribution in [-0.2, 0) is 0 Å². The quantitative estimate of drug-likeness (QED) is 0.154. The molecule has 0 aliphatic rings. The summed E-state index contributed by atoms with van der Waals surface area (Å²) in [6.45, 7) is 0. The number of rotatable bonds is 8. The average Bonchev–Trinajstić information content (AvgIpc) is 3.73. The zero-order valence-corrected chi connectivity index (χ0v) is 33.9. The molecule has 0 amide bonds. The van der Waals surface area contributed by atoms with Gasteiger partial charge in [0.2, 0.25) is 0 Å². The Labute approximate surface area is 359 Å². The number of fused-ring (bicyclic) bond motifs is 3. The maximum Gasteiger partial charge on any atom is 0.164 e. The number of benzene rings is 9. The van der Waals surface area contributed by atoms with Crippen LogP contribution in [0.25, 0.3) is 110 Å². The lowest BCUT2D eigenvalue weighted by molar-refractivity contribution is 1.07. The highest BCUT2D eigenvalue weighted by atomic mass is 32.1. The fraction of sp³-hybridized carbons (Fsp3) is 0. The van der Waals surface area contributed by atoms with Crippen LogP contribution < -0.4 is 0 Å². The minimum absolute atomic E-state index is 0.642. The molecule has 0 N–H and O–H groups in total. The molecule has 11 rings (SSSR count). The Hall–Kier alpha value is -7.79. The molecule has 9 aromatic carbocycles. The molecular formula is C57H37N3S. The van der Waals surface area contributed by atoms with Crippen molar-refractivity contribution in [3.05, 3.63) is 224 Å². The second kappa shape index (κ2) is 15.8. The van der Waals surface area contributed by atoms with Crippen molar-refractivity contribution in [2.45, 2.75) is 0 Å². The highest BCUT2D eigenvalue weighted by molar-refractivity contribution is 7.27. The van der Waals surface area contributed by atoms with Gasteiger partial charge >= 0.3 is 0 Å². The lowest BCUT2D eigenvalue weighted by atomic mass is 9.92. The van der Waals surface area contributed by atoms with Gasteiger partial charge in [-0.15, -0.1) is 11.3 Å². The number of thiophene rings is 1. The number of hydrogen-bond acceptors (Lipinski definition) is 4. The SMILES string of the molecule is c1ccc(-c2cc(-c3ccccc3)c3sc4c(-c5cccc(-c6ccc(-c7nc(-c8ccccc8)nc(-c8ccccc8)n7)cc6)c5)cc(-c5ccccc5)cc4c3c2)cc1. The molecule has 0 aliphatic carbocycles. The average molecular weight is 796 g/mol. The van der Waals surface area contributed by atoms with Crippen LogP contribution >= 0.6 is 11.3 Å². The number of hydrogen-bond donors (Lipinski definition) is 0. The molecule has 2 aromatic heterocycles. The van der Waals surface area contributed by atoms with Gasteiger partial charge in [-0.05, 0) is 74.8 Å². The first-order chi connectivity index (χ1) is 30.2. The molecule has 3 nitrogen and oxygen atoms in total. The normalized spacial score (nSPS) is 11.3. The molecule has 0 atom stereocenters. The molecule has 0 fully saturated rings. The summed E-state index contributed by atoms with van der Waals surface area (Å²) in [6.07, 6.45) is 0. The maximum absolute atomic E-state index is 4.96. The Kier molecular flexibility index (Phi) is 9.38. The topological polar surface area (TPSA) is 38.7 Å². The van der Waals surface area contributed by atoms with Gasteiger partial charge in [-0.3, -0.25) is 0 Å². The van der Waals surface area contributed by atoms with E-state index in [0.717, 1.165) is 27.8 Å². The fourth-order valence-corrected chi connectivity index (χ4v) is 9.57. The first-order valence-electron chi connectivity index (χ1n) is 20.5. The Morgan fingerprint density at radius 2 is 0.557 bits per heavy atom. The Morgan fingerprint density at radius 3 is 1.02 bits per heavy atom. The maximum atomic E-state index is 4.96. The van der Waals surface area contributed by atoms with Crippen LogP contribution in [0, 0.1) is 0 Å². The van der Waals surface area contributed by atoms with E-state index < -0.39 is 0 Å². The van der Waals surface area contributed by atoms with Gasteiger partial charge in [0.25, 0.3) is 0 Å². The molecular weight excluding hydrogens is 759 g/mol. The Morgan fingerprint density at radius 1 is 0.230 bits per heavy atom. The van der Waals surface area contributed by atoms with Crippen molar-refractivity contribution in [2.24, 2.45) is 0 Å². The van der Waals surface area contributed by atoms with Gasteiger partial charge in [0.05, 0.1) is 0 Å². The summed E-state index contributed by atoms with van der Waals surface area (Å²) in [5.41, 5.74) is 14.8. The van der Waals surface area contributed by atoms with Crippen molar-refractivity contribution in [1.29, 1.82) is 0 Å². The summed E-state index contributed by atoms with van der Waals surface area (Å²) >= 11 is 1.89. The third kappa shape index (κ3) is 7.09. The fourth-order valence-electron chi connectivity index (χ4n) is 8.24. The van der Waals surface area contributed by atoms with Crippen LogP contribution in [0.1, 0.15) is 0 Å². The van der Waals surface area contributed by atoms with Crippen molar-refractivity contribution in [2.75, 3.05) is 0 Å². The standard InChI is InChI=1S/C57H37N3S/c1-6-17-38(18-7-1)47-34-49(41-21-10-3-11-22-41)53-51(36-47)52-37-48(39-19-8-2-9-20-39)35-50(54(52)61-53)46-28-16-27-45(33-46)40-29-31-44(32-30-40)57-59-55(42-23-12-4-13-24-42)58-56(60-57)43-25-14-5-15-26-43/h1-37H. The van der Waals surface area contributed by atoms with Crippen LogP contribution in [-0.4, -0.2) is 15.0 Å². The summed E-state index contributed by atoms with van der Waals surface area (Å²) in [4.78, 5) is 14.8. The van der Waals surface area contributed by atoms with Gasteiger partial charge in [-0.2, -0.15) is 0 Å². The highest BCUT2D eigenvalue weighted by Gasteiger charge is 2.19. The molecule has 0 bridgehead atoms. The summed E-state index contributed by atoms with van der Waals surface area (Å²) in [5.74, 6) is 1.94. The third-order valence-corrected chi connectivity index (χ3v) is 12.6. The van der Waals surface area contributed by atoms with Gasteiger partial charge in [0.1, 0.15) is 0 Å². The molecule has 0 saturated carbocycles. The van der Waals surface area contributed by atoms with E-state index >= 15 is 0 Å². The first-order valence-corrected chi connectivity index (χ1v) is 21.3. The van der Waals surface area contributed by atoms with Crippen molar-refractivity contribution >= 4 is 31.5 Å². The summed E-state index contributed by atoms with van der Waals surface area (Å²) in [5, 5.41) is 2.54. The highest BCUT2D eigenvalue weighted by Crippen LogP contribution is 2.47. The van der Waals surface area contributed by atoms with E-state index in [9.17, 15) is 0 Å². The van der Waals surface area contributed by atoms with Crippen LogP contribution in [0.2, 0.25) is 0 Å². The van der Waals surface area contributed by atoms with Crippen LogP contribution in [0.4, 0.5) is 0 Å². The van der Waals surface area contributed by atoms with Crippen molar-refractivity contribution in [3.63, 3.8) is 0 Å². The van der Waals surface area contributed by atoms with E-state index in [1.807, 2.05) is 72.0 Å². The summed E-state index contributed by atoms with van der Waals surface area (Å²) < 4.78 is 2.58.